The largest absolute Gasteiger partial charge is 0.477 e. The molecular formula is C20H26ClN3O4. The molecule has 0 saturated carbocycles. The molecule has 0 aliphatic heterocycles. The number of hydrogen-bond acceptors (Lipinski definition) is 5. The number of esters is 1. The molecule has 1 aromatic heterocycles. The monoisotopic (exact) mass is 407 g/mol. The first-order valence-corrected chi connectivity index (χ1v) is 9.28. The van der Waals surface area contributed by atoms with Crippen LogP contribution in [-0.4, -0.2) is 45.5 Å². The van der Waals surface area contributed by atoms with E-state index in [1.807, 2.05) is 43.5 Å². The number of aromatic nitrogens is 2. The molecular weight excluding hydrogens is 382 g/mol. The Morgan fingerprint density at radius 3 is 2.57 bits per heavy atom. The summed E-state index contributed by atoms with van der Waals surface area (Å²) in [4.78, 5) is 31.1. The third-order valence-electron chi connectivity index (χ3n) is 3.79. The van der Waals surface area contributed by atoms with E-state index in [0.29, 0.717) is 11.6 Å². The van der Waals surface area contributed by atoms with Crippen molar-refractivity contribution in [1.82, 2.24) is 9.55 Å². The van der Waals surface area contributed by atoms with E-state index in [-0.39, 0.29) is 12.1 Å². The van der Waals surface area contributed by atoms with E-state index in [0.717, 1.165) is 16.8 Å². The normalized spacial score (nSPS) is 12.0. The first kappa shape index (κ1) is 23.4. The molecule has 0 unspecified atom stereocenters. The zero-order chi connectivity index (χ0) is 21.3. The minimum Gasteiger partial charge on any atom is -0.477 e. The van der Waals surface area contributed by atoms with Crippen molar-refractivity contribution >= 4 is 29.3 Å². The number of hydrogen-bond donors (Lipinski definition) is 1. The van der Waals surface area contributed by atoms with Crippen molar-refractivity contribution in [2.75, 3.05) is 7.11 Å². The van der Waals surface area contributed by atoms with Crippen LogP contribution in [0.25, 0.3) is 0 Å². The molecule has 2 rings (SSSR count). The van der Waals surface area contributed by atoms with Crippen LogP contribution in [-0.2, 0) is 27.3 Å². The molecule has 1 N–H and O–H groups in total. The topological polar surface area (TPSA) is 93.8 Å². The number of carboxylic acid groups (broad SMARTS) is 1. The number of carboxylic acids is 1. The van der Waals surface area contributed by atoms with Gasteiger partial charge in [-0.05, 0) is 37.1 Å². The highest BCUT2D eigenvalue weighted by molar-refractivity contribution is 6.34. The van der Waals surface area contributed by atoms with Crippen LogP contribution in [0.5, 0.6) is 0 Å². The predicted molar refractivity (Wildman–Crippen MR) is 109 cm³/mol. The van der Waals surface area contributed by atoms with Gasteiger partial charge in [-0.25, -0.2) is 14.6 Å². The van der Waals surface area contributed by atoms with Crippen molar-refractivity contribution < 1.29 is 19.4 Å². The first-order valence-electron chi connectivity index (χ1n) is 8.90. The number of aliphatic carboxylic acids is 1. The number of imidazole rings is 1. The molecule has 0 fully saturated rings. The maximum Gasteiger partial charge on any atom is 0.349 e. The Balaban J connectivity index is 0.00000190. The third-order valence-corrected chi connectivity index (χ3v) is 4.01. The summed E-state index contributed by atoms with van der Waals surface area (Å²) in [5.41, 5.74) is 2.62. The maximum absolute atomic E-state index is 12.0. The maximum atomic E-state index is 12.0. The van der Waals surface area contributed by atoms with Gasteiger partial charge in [-0.2, -0.15) is 0 Å². The number of nitrogens with zero attached hydrogens (tertiary/aromatic N) is 3. The number of benzene rings is 1. The summed E-state index contributed by atoms with van der Waals surface area (Å²) in [5.74, 6) is -1.78. The quantitative estimate of drug-likeness (QED) is 0.559. The SMILES string of the molecule is CC.COC(=O)[C@H](Cc1cncn1Cc1cc(C)cc(Cl)c1)N=C(C)C(=O)O. The number of carbonyl (C=O) groups excluding carboxylic acids is 1. The molecule has 28 heavy (non-hydrogen) atoms. The van der Waals surface area contributed by atoms with Gasteiger partial charge in [-0.3, -0.25) is 4.99 Å². The van der Waals surface area contributed by atoms with Crippen LogP contribution in [0.3, 0.4) is 0 Å². The number of carbonyl (C=O) groups is 2. The molecule has 0 spiro atoms. The van der Waals surface area contributed by atoms with Gasteiger partial charge < -0.3 is 14.4 Å². The van der Waals surface area contributed by atoms with Crippen LogP contribution in [0.4, 0.5) is 0 Å². The van der Waals surface area contributed by atoms with E-state index in [1.54, 1.807) is 12.5 Å². The van der Waals surface area contributed by atoms with Gasteiger partial charge in [0.2, 0.25) is 0 Å². The van der Waals surface area contributed by atoms with Crippen LogP contribution < -0.4 is 0 Å². The van der Waals surface area contributed by atoms with E-state index >= 15 is 0 Å². The lowest BCUT2D eigenvalue weighted by molar-refractivity contribution is -0.142. The van der Waals surface area contributed by atoms with E-state index in [4.69, 9.17) is 21.4 Å². The Morgan fingerprint density at radius 1 is 1.32 bits per heavy atom. The van der Waals surface area contributed by atoms with Gasteiger partial charge in [0.15, 0.2) is 6.04 Å². The molecule has 2 aromatic rings. The lowest BCUT2D eigenvalue weighted by atomic mass is 10.1. The van der Waals surface area contributed by atoms with Gasteiger partial charge >= 0.3 is 11.9 Å². The molecule has 0 aliphatic rings. The number of halogens is 1. The lowest BCUT2D eigenvalue weighted by Gasteiger charge is -2.13. The highest BCUT2D eigenvalue weighted by Crippen LogP contribution is 2.17. The molecule has 0 bridgehead atoms. The predicted octanol–water partition coefficient (Wildman–Crippen LogP) is 3.55. The number of aliphatic imine (C=N–C) groups is 1. The second kappa shape index (κ2) is 11.2. The highest BCUT2D eigenvalue weighted by atomic mass is 35.5. The van der Waals surface area contributed by atoms with E-state index in [1.165, 1.54) is 14.0 Å². The average Bonchev–Trinajstić information content (AvgIpc) is 3.07. The standard InChI is InChI=1S/C18H20ClN3O4.C2H6/c1-11-4-13(6-14(19)5-11)9-22-10-20-8-15(22)7-16(18(25)26-3)21-12(2)17(23)24;1-2/h4-6,8,10,16H,7,9H2,1-3H3,(H,23,24);1-2H3/t16-;/m0./s1. The van der Waals surface area contributed by atoms with Crippen molar-refractivity contribution in [3.05, 3.63) is 52.6 Å². The second-order valence-corrected chi connectivity index (χ2v) is 6.35. The number of aryl methyl sites for hydroxylation is 1. The fraction of sp³-hybridized carbons (Fsp3) is 0.400. The van der Waals surface area contributed by atoms with Gasteiger partial charge in [-0.15, -0.1) is 0 Å². The summed E-state index contributed by atoms with van der Waals surface area (Å²) in [6.07, 6.45) is 3.45. The summed E-state index contributed by atoms with van der Waals surface area (Å²) in [5, 5.41) is 9.65. The minimum absolute atomic E-state index is 0.156. The van der Waals surface area contributed by atoms with E-state index in [2.05, 4.69) is 9.98 Å². The Hall–Kier alpha value is -2.67. The van der Waals surface area contributed by atoms with Gasteiger partial charge in [-0.1, -0.05) is 31.5 Å². The van der Waals surface area contributed by atoms with Crippen LogP contribution in [0.2, 0.25) is 5.02 Å². The minimum atomic E-state index is -1.18. The molecule has 0 saturated heterocycles. The van der Waals surface area contributed by atoms with Crippen molar-refractivity contribution in [2.45, 2.75) is 46.7 Å². The molecule has 8 heteroatoms. The van der Waals surface area contributed by atoms with Crippen LogP contribution >= 0.6 is 11.6 Å². The summed E-state index contributed by atoms with van der Waals surface area (Å²) in [6.45, 7) is 7.82. The van der Waals surface area contributed by atoms with Crippen molar-refractivity contribution in [3.63, 3.8) is 0 Å². The van der Waals surface area contributed by atoms with E-state index < -0.39 is 18.0 Å². The molecule has 1 heterocycles. The third kappa shape index (κ3) is 6.81. The molecule has 1 aromatic carbocycles. The Labute approximate surface area is 170 Å². The molecule has 0 amide bonds. The van der Waals surface area contributed by atoms with Crippen molar-refractivity contribution in [2.24, 2.45) is 4.99 Å². The molecule has 0 radical (unpaired) electrons. The van der Waals surface area contributed by atoms with Gasteiger partial charge in [0.05, 0.1) is 13.4 Å². The van der Waals surface area contributed by atoms with Crippen molar-refractivity contribution in [3.8, 4) is 0 Å². The fourth-order valence-electron chi connectivity index (χ4n) is 2.57. The zero-order valence-corrected chi connectivity index (χ0v) is 17.5. The van der Waals surface area contributed by atoms with Crippen molar-refractivity contribution in [1.29, 1.82) is 0 Å². The van der Waals surface area contributed by atoms with Gasteiger partial charge in [0, 0.05) is 29.9 Å². The van der Waals surface area contributed by atoms with Crippen LogP contribution in [0, 0.1) is 6.92 Å². The summed E-state index contributed by atoms with van der Waals surface area (Å²) in [6, 6.07) is 4.80. The first-order chi connectivity index (χ1) is 13.3. The Kier molecular flexibility index (Phi) is 9.38. The molecule has 152 valence electrons. The molecule has 1 atom stereocenters. The lowest BCUT2D eigenvalue weighted by Crippen LogP contribution is -2.26. The average molecular weight is 408 g/mol. The van der Waals surface area contributed by atoms with Gasteiger partial charge in [0.25, 0.3) is 0 Å². The van der Waals surface area contributed by atoms with Crippen LogP contribution in [0.15, 0.2) is 35.7 Å². The van der Waals surface area contributed by atoms with Crippen LogP contribution in [0.1, 0.15) is 37.6 Å². The van der Waals surface area contributed by atoms with Gasteiger partial charge in [0.1, 0.15) is 5.71 Å². The summed E-state index contributed by atoms with van der Waals surface area (Å²) >= 11 is 6.10. The van der Waals surface area contributed by atoms with E-state index in [9.17, 15) is 9.59 Å². The number of ether oxygens (including phenoxy) is 1. The highest BCUT2D eigenvalue weighted by Gasteiger charge is 2.22. The number of rotatable bonds is 7. The summed E-state index contributed by atoms with van der Waals surface area (Å²) in [7, 11) is 1.24. The molecule has 7 nitrogen and oxygen atoms in total. The fourth-order valence-corrected chi connectivity index (χ4v) is 2.88. The summed E-state index contributed by atoms with van der Waals surface area (Å²) < 4.78 is 6.61. The Bertz CT molecular complexity index is 825. The second-order valence-electron chi connectivity index (χ2n) is 5.91. The smallest absolute Gasteiger partial charge is 0.349 e. The Morgan fingerprint density at radius 2 is 2.00 bits per heavy atom. The number of methoxy groups -OCH3 is 1. The molecule has 0 aliphatic carbocycles. The zero-order valence-electron chi connectivity index (χ0n) is 16.8.